The summed E-state index contributed by atoms with van der Waals surface area (Å²) in [5.74, 6) is 0. The quantitative estimate of drug-likeness (QED) is 0.864. The number of hydrogen-bond acceptors (Lipinski definition) is 4. The maximum absolute atomic E-state index is 5.85. The monoisotopic (exact) mass is 275 g/mol. The van der Waals surface area contributed by atoms with E-state index >= 15 is 0 Å². The average Bonchev–Trinajstić information content (AvgIpc) is 3.31. The van der Waals surface area contributed by atoms with Crippen molar-refractivity contribution in [2.24, 2.45) is 0 Å². The van der Waals surface area contributed by atoms with Gasteiger partial charge in [-0.1, -0.05) is 0 Å². The molecule has 0 radical (unpaired) electrons. The molecule has 1 aliphatic heterocycles. The van der Waals surface area contributed by atoms with Gasteiger partial charge in [0.1, 0.15) is 0 Å². The van der Waals surface area contributed by atoms with E-state index in [2.05, 4.69) is 28.3 Å². The second kappa shape index (κ2) is 6.55. The highest BCUT2D eigenvalue weighted by Crippen LogP contribution is 2.23. The predicted octanol–water partition coefficient (Wildman–Crippen LogP) is 2.34. The summed E-state index contributed by atoms with van der Waals surface area (Å²) < 4.78 is 5.85. The Hall–Kier alpha value is -1.13. The van der Waals surface area contributed by atoms with Crippen molar-refractivity contribution < 1.29 is 4.74 Å². The van der Waals surface area contributed by atoms with Gasteiger partial charge in [0, 0.05) is 56.4 Å². The number of aromatic nitrogens is 1. The Morgan fingerprint density at radius 1 is 1.35 bits per heavy atom. The Morgan fingerprint density at radius 2 is 2.25 bits per heavy atom. The minimum absolute atomic E-state index is 0.381. The zero-order valence-corrected chi connectivity index (χ0v) is 12.3. The van der Waals surface area contributed by atoms with E-state index in [-0.39, 0.29) is 0 Å². The van der Waals surface area contributed by atoms with Crippen LogP contribution in [0.2, 0.25) is 0 Å². The highest BCUT2D eigenvalue weighted by atomic mass is 16.5. The molecule has 1 saturated heterocycles. The highest BCUT2D eigenvalue weighted by molar-refractivity contribution is 5.51. The first-order valence-electron chi connectivity index (χ1n) is 7.82. The van der Waals surface area contributed by atoms with Gasteiger partial charge in [0.05, 0.1) is 6.10 Å². The van der Waals surface area contributed by atoms with Crippen molar-refractivity contribution in [3.8, 4) is 0 Å². The second-order valence-electron chi connectivity index (χ2n) is 6.03. The van der Waals surface area contributed by atoms with Gasteiger partial charge < -0.3 is 15.0 Å². The van der Waals surface area contributed by atoms with E-state index < -0.39 is 0 Å². The van der Waals surface area contributed by atoms with Crippen LogP contribution < -0.4 is 10.2 Å². The summed E-state index contributed by atoms with van der Waals surface area (Å²) in [7, 11) is 2.16. The second-order valence-corrected chi connectivity index (χ2v) is 6.03. The van der Waals surface area contributed by atoms with Crippen LogP contribution in [0.5, 0.6) is 0 Å². The predicted molar refractivity (Wildman–Crippen MR) is 81.0 cm³/mol. The van der Waals surface area contributed by atoms with E-state index in [1.165, 1.54) is 43.4 Å². The van der Waals surface area contributed by atoms with Gasteiger partial charge in [-0.3, -0.25) is 4.98 Å². The van der Waals surface area contributed by atoms with Crippen LogP contribution in [-0.4, -0.2) is 37.3 Å². The van der Waals surface area contributed by atoms with Gasteiger partial charge in [0.2, 0.25) is 0 Å². The summed E-state index contributed by atoms with van der Waals surface area (Å²) in [6, 6.07) is 2.85. The minimum Gasteiger partial charge on any atom is -0.376 e. The molecule has 0 amide bonds. The van der Waals surface area contributed by atoms with Crippen LogP contribution in [0.25, 0.3) is 0 Å². The topological polar surface area (TPSA) is 37.4 Å². The lowest BCUT2D eigenvalue weighted by Crippen LogP contribution is -2.34. The van der Waals surface area contributed by atoms with E-state index in [0.29, 0.717) is 6.10 Å². The van der Waals surface area contributed by atoms with Crippen LogP contribution in [0.1, 0.15) is 37.7 Å². The molecule has 0 aromatic carbocycles. The molecule has 4 heteroatoms. The molecule has 2 heterocycles. The maximum Gasteiger partial charge on any atom is 0.0749 e. The number of anilines is 1. The Labute approximate surface area is 121 Å². The first-order chi connectivity index (χ1) is 9.83. The molecule has 0 bridgehead atoms. The molecular formula is C16H25N3O. The van der Waals surface area contributed by atoms with E-state index in [0.717, 1.165) is 25.7 Å². The van der Waals surface area contributed by atoms with Gasteiger partial charge >= 0.3 is 0 Å². The maximum atomic E-state index is 5.85. The number of nitrogens with zero attached hydrogens (tertiary/aromatic N) is 2. The van der Waals surface area contributed by atoms with E-state index in [1.807, 2.05) is 12.4 Å². The summed E-state index contributed by atoms with van der Waals surface area (Å²) in [6.07, 6.45) is 10.6. The molecule has 0 spiro atoms. The molecule has 1 aliphatic carbocycles. The Kier molecular flexibility index (Phi) is 4.53. The summed E-state index contributed by atoms with van der Waals surface area (Å²) in [6.45, 7) is 2.81. The van der Waals surface area contributed by atoms with E-state index in [1.54, 1.807) is 0 Å². The first-order valence-corrected chi connectivity index (χ1v) is 7.82. The lowest BCUT2D eigenvalue weighted by molar-refractivity contribution is 0.0216. The highest BCUT2D eigenvalue weighted by Gasteiger charge is 2.21. The molecule has 1 N–H and O–H groups in total. The number of likely N-dealkylation sites (N-methyl/N-ethyl adjacent to an activating group) is 1. The zero-order valence-electron chi connectivity index (χ0n) is 12.3. The normalized spacial score (nSPS) is 22.8. The largest absolute Gasteiger partial charge is 0.376 e. The number of rotatable bonds is 6. The standard InChI is InChI=1S/C16H25N3O/c1-19(12-15-4-2-3-9-20-15)16-7-8-17-10-13(16)11-18-14-5-6-14/h7-8,10,14-15,18H,2-6,9,11-12H2,1H3. The fourth-order valence-corrected chi connectivity index (χ4v) is 2.83. The van der Waals surface area contributed by atoms with Crippen LogP contribution >= 0.6 is 0 Å². The molecule has 1 unspecified atom stereocenters. The average molecular weight is 275 g/mol. The summed E-state index contributed by atoms with van der Waals surface area (Å²) in [5.41, 5.74) is 2.57. The fraction of sp³-hybridized carbons (Fsp3) is 0.688. The summed E-state index contributed by atoms with van der Waals surface area (Å²) in [5, 5.41) is 3.57. The smallest absolute Gasteiger partial charge is 0.0749 e. The molecule has 1 atom stereocenters. The molecular weight excluding hydrogens is 250 g/mol. The van der Waals surface area contributed by atoms with Gasteiger partial charge in [0.15, 0.2) is 0 Å². The molecule has 20 heavy (non-hydrogen) atoms. The Bertz CT molecular complexity index is 427. The molecule has 1 saturated carbocycles. The number of nitrogens with one attached hydrogen (secondary N) is 1. The van der Waals surface area contributed by atoms with Crippen LogP contribution in [0, 0.1) is 0 Å². The summed E-state index contributed by atoms with van der Waals surface area (Å²) >= 11 is 0. The van der Waals surface area contributed by atoms with Gasteiger partial charge in [-0.2, -0.15) is 0 Å². The van der Waals surface area contributed by atoms with Crippen LogP contribution in [0.15, 0.2) is 18.5 Å². The molecule has 110 valence electrons. The third-order valence-corrected chi connectivity index (χ3v) is 4.20. The van der Waals surface area contributed by atoms with Crippen molar-refractivity contribution in [2.45, 2.75) is 50.8 Å². The molecule has 1 aromatic rings. The van der Waals surface area contributed by atoms with Crippen LogP contribution in [-0.2, 0) is 11.3 Å². The molecule has 2 aliphatic rings. The Balaban J connectivity index is 1.61. The van der Waals surface area contributed by atoms with Crippen LogP contribution in [0.4, 0.5) is 5.69 Å². The van der Waals surface area contributed by atoms with Crippen molar-refractivity contribution in [1.82, 2.24) is 10.3 Å². The molecule has 2 fully saturated rings. The van der Waals surface area contributed by atoms with Crippen molar-refractivity contribution >= 4 is 5.69 Å². The van der Waals surface area contributed by atoms with Gasteiger partial charge in [-0.05, 0) is 38.2 Å². The molecule has 4 nitrogen and oxygen atoms in total. The number of ether oxygens (including phenoxy) is 1. The minimum atomic E-state index is 0.381. The number of hydrogen-bond donors (Lipinski definition) is 1. The summed E-state index contributed by atoms with van der Waals surface area (Å²) in [4.78, 5) is 6.60. The van der Waals surface area contributed by atoms with Gasteiger partial charge in [-0.25, -0.2) is 0 Å². The molecule has 3 rings (SSSR count). The molecule has 1 aromatic heterocycles. The van der Waals surface area contributed by atoms with Gasteiger partial charge in [0.25, 0.3) is 0 Å². The van der Waals surface area contributed by atoms with Crippen molar-refractivity contribution in [1.29, 1.82) is 0 Å². The van der Waals surface area contributed by atoms with Crippen LogP contribution in [0.3, 0.4) is 0 Å². The zero-order chi connectivity index (χ0) is 13.8. The third-order valence-electron chi connectivity index (χ3n) is 4.20. The Morgan fingerprint density at radius 3 is 3.00 bits per heavy atom. The van der Waals surface area contributed by atoms with Crippen molar-refractivity contribution in [3.05, 3.63) is 24.0 Å². The number of pyridine rings is 1. The van der Waals surface area contributed by atoms with Gasteiger partial charge in [-0.15, -0.1) is 0 Å². The third kappa shape index (κ3) is 3.70. The van der Waals surface area contributed by atoms with E-state index in [9.17, 15) is 0 Å². The van der Waals surface area contributed by atoms with E-state index in [4.69, 9.17) is 4.74 Å². The SMILES string of the molecule is CN(CC1CCCCO1)c1ccncc1CNC1CC1. The first kappa shape index (κ1) is 13.8. The lowest BCUT2D eigenvalue weighted by Gasteiger charge is -2.29. The lowest BCUT2D eigenvalue weighted by atomic mass is 10.1. The van der Waals surface area contributed by atoms with Crippen molar-refractivity contribution in [2.75, 3.05) is 25.1 Å². The fourth-order valence-electron chi connectivity index (χ4n) is 2.83. The van der Waals surface area contributed by atoms with Crippen molar-refractivity contribution in [3.63, 3.8) is 0 Å².